The monoisotopic (exact) mass is 473 g/mol. The number of aryl methyl sites for hydroxylation is 1. The van der Waals surface area contributed by atoms with Crippen LogP contribution in [0.3, 0.4) is 0 Å². The second kappa shape index (κ2) is 10.7. The number of methoxy groups -OCH3 is 1. The maximum absolute atomic E-state index is 12.3. The molecule has 1 fully saturated rings. The quantitative estimate of drug-likeness (QED) is 0.476. The Morgan fingerprint density at radius 1 is 1.03 bits per heavy atom. The van der Waals surface area contributed by atoms with Gasteiger partial charge in [0.25, 0.3) is 11.8 Å². The number of para-hydroxylation sites is 1. The topological polar surface area (TPSA) is 89.0 Å². The summed E-state index contributed by atoms with van der Waals surface area (Å²) in [6.07, 6.45) is 1.78. The van der Waals surface area contributed by atoms with Gasteiger partial charge in [-0.2, -0.15) is 0 Å². The summed E-state index contributed by atoms with van der Waals surface area (Å²) in [6.45, 7) is 1.83. The molecule has 1 saturated heterocycles. The summed E-state index contributed by atoms with van der Waals surface area (Å²) in [5.41, 5.74) is 3.30. The highest BCUT2D eigenvalue weighted by Gasteiger charge is 2.23. The number of hydrogen-bond acceptors (Lipinski definition) is 6. The molecule has 4 rings (SSSR count). The van der Waals surface area contributed by atoms with Crippen LogP contribution in [-0.4, -0.2) is 30.7 Å². The molecule has 1 aliphatic heterocycles. The Morgan fingerprint density at radius 3 is 2.44 bits per heavy atom. The van der Waals surface area contributed by atoms with Gasteiger partial charge in [-0.25, -0.2) is 4.99 Å². The summed E-state index contributed by atoms with van der Waals surface area (Å²) in [5, 5.41) is 6.12. The fraction of sp³-hybridized carbons (Fsp3) is 0.115. The number of carbonyl (C=O) groups excluding carboxylic acids is 2. The van der Waals surface area contributed by atoms with Crippen molar-refractivity contribution in [1.29, 1.82) is 0 Å². The predicted octanol–water partition coefficient (Wildman–Crippen LogP) is 4.91. The van der Waals surface area contributed by atoms with Crippen LogP contribution >= 0.6 is 11.8 Å². The molecule has 0 spiro atoms. The van der Waals surface area contributed by atoms with Gasteiger partial charge in [-0.15, -0.1) is 0 Å². The van der Waals surface area contributed by atoms with E-state index in [2.05, 4.69) is 15.6 Å². The molecule has 172 valence electrons. The van der Waals surface area contributed by atoms with Gasteiger partial charge < -0.3 is 20.1 Å². The zero-order valence-electron chi connectivity index (χ0n) is 18.7. The number of rotatable bonds is 7. The first-order chi connectivity index (χ1) is 16.5. The van der Waals surface area contributed by atoms with Crippen molar-refractivity contribution in [3.63, 3.8) is 0 Å². The van der Waals surface area contributed by atoms with E-state index in [4.69, 9.17) is 9.47 Å². The lowest BCUT2D eigenvalue weighted by Gasteiger charge is -2.09. The molecule has 34 heavy (non-hydrogen) atoms. The third-order valence-corrected chi connectivity index (χ3v) is 5.83. The minimum atomic E-state index is -0.233. The molecule has 0 aromatic heterocycles. The Labute approximate surface area is 201 Å². The van der Waals surface area contributed by atoms with Crippen LogP contribution in [0.15, 0.2) is 82.7 Å². The Bertz CT molecular complexity index is 1250. The lowest BCUT2D eigenvalue weighted by molar-refractivity contribution is -0.118. The van der Waals surface area contributed by atoms with Crippen LogP contribution in [0, 0.1) is 6.92 Å². The molecule has 0 aliphatic carbocycles. The molecule has 0 radical (unpaired) electrons. The first-order valence-corrected chi connectivity index (χ1v) is 11.3. The van der Waals surface area contributed by atoms with Crippen molar-refractivity contribution in [3.05, 3.63) is 88.8 Å². The van der Waals surface area contributed by atoms with Crippen molar-refractivity contribution < 1.29 is 19.1 Å². The average molecular weight is 474 g/mol. The molecule has 3 aromatic rings. The molecule has 8 heteroatoms. The molecule has 0 bridgehead atoms. The zero-order chi connectivity index (χ0) is 23.9. The third kappa shape index (κ3) is 6.05. The van der Waals surface area contributed by atoms with Gasteiger partial charge >= 0.3 is 0 Å². The first-order valence-electron chi connectivity index (χ1n) is 10.5. The van der Waals surface area contributed by atoms with E-state index in [1.54, 1.807) is 25.3 Å². The van der Waals surface area contributed by atoms with Gasteiger partial charge in [0.2, 0.25) is 0 Å². The highest BCUT2D eigenvalue weighted by molar-refractivity contribution is 8.18. The van der Waals surface area contributed by atoms with Crippen LogP contribution in [-0.2, 0) is 9.59 Å². The Balaban J connectivity index is 1.33. The Hall–Kier alpha value is -4.04. The van der Waals surface area contributed by atoms with E-state index < -0.39 is 0 Å². The highest BCUT2D eigenvalue weighted by atomic mass is 32.2. The summed E-state index contributed by atoms with van der Waals surface area (Å²) in [4.78, 5) is 29.5. The molecule has 2 N–H and O–H groups in total. The smallest absolute Gasteiger partial charge is 0.264 e. The van der Waals surface area contributed by atoms with Crippen molar-refractivity contribution in [2.24, 2.45) is 4.99 Å². The van der Waals surface area contributed by atoms with E-state index in [9.17, 15) is 9.59 Å². The number of thioether (sulfide) groups is 1. The molecule has 0 atom stereocenters. The summed E-state index contributed by atoms with van der Waals surface area (Å²) in [6, 6.07) is 22.0. The van der Waals surface area contributed by atoms with Crippen molar-refractivity contribution in [2.75, 3.05) is 19.0 Å². The van der Waals surface area contributed by atoms with Gasteiger partial charge in [-0.05, 0) is 78.4 Å². The van der Waals surface area contributed by atoms with Gasteiger partial charge in [0.05, 0.1) is 17.7 Å². The van der Waals surface area contributed by atoms with E-state index in [1.807, 2.05) is 67.6 Å². The largest absolute Gasteiger partial charge is 0.497 e. The number of nitrogens with zero attached hydrogens (tertiary/aromatic N) is 1. The summed E-state index contributed by atoms with van der Waals surface area (Å²) in [5.74, 6) is 0.869. The number of anilines is 1. The lowest BCUT2D eigenvalue weighted by atomic mass is 10.2. The fourth-order valence-electron chi connectivity index (χ4n) is 3.11. The SMILES string of the molecule is COc1ccc(N=C2NC(=O)/C(=C\c3ccc(OCC(=O)Nc4ccccc4C)cc3)S2)cc1. The van der Waals surface area contributed by atoms with Crippen molar-refractivity contribution in [3.8, 4) is 11.5 Å². The normalized spacial score (nSPS) is 15.3. The fourth-order valence-corrected chi connectivity index (χ4v) is 3.96. The molecule has 7 nitrogen and oxygen atoms in total. The third-order valence-electron chi connectivity index (χ3n) is 4.92. The van der Waals surface area contributed by atoms with Crippen LogP contribution in [0.4, 0.5) is 11.4 Å². The maximum Gasteiger partial charge on any atom is 0.264 e. The molecule has 1 aliphatic rings. The molecule has 3 aromatic carbocycles. The summed E-state index contributed by atoms with van der Waals surface area (Å²) >= 11 is 1.27. The molecule has 1 heterocycles. The first kappa shape index (κ1) is 23.1. The number of carbonyl (C=O) groups is 2. The zero-order valence-corrected chi connectivity index (χ0v) is 19.5. The number of hydrogen-bond donors (Lipinski definition) is 2. The van der Waals surface area contributed by atoms with E-state index in [1.165, 1.54) is 11.8 Å². The van der Waals surface area contributed by atoms with E-state index in [-0.39, 0.29) is 18.4 Å². The summed E-state index contributed by atoms with van der Waals surface area (Å²) < 4.78 is 10.7. The molecule has 2 amide bonds. The Morgan fingerprint density at radius 2 is 1.74 bits per heavy atom. The van der Waals surface area contributed by atoms with Crippen molar-refractivity contribution in [1.82, 2.24) is 5.32 Å². The number of nitrogens with one attached hydrogen (secondary N) is 2. The minimum absolute atomic E-state index is 0.0990. The minimum Gasteiger partial charge on any atom is -0.497 e. The number of aliphatic imine (C=N–C) groups is 1. The standard InChI is InChI=1S/C26H23N3O4S/c1-17-5-3-4-6-22(17)28-24(30)16-33-21-11-7-18(8-12-21)15-23-25(31)29-26(34-23)27-19-9-13-20(32-2)14-10-19/h3-15H,16H2,1-2H3,(H,28,30)(H,27,29,31)/b23-15+. The molecular formula is C26H23N3O4S. The molecule has 0 saturated carbocycles. The van der Waals surface area contributed by atoms with Gasteiger partial charge in [0.15, 0.2) is 11.8 Å². The lowest BCUT2D eigenvalue weighted by Crippen LogP contribution is -2.20. The number of amidine groups is 1. The van der Waals surface area contributed by atoms with E-state index in [0.717, 1.165) is 28.3 Å². The predicted molar refractivity (Wildman–Crippen MR) is 136 cm³/mol. The maximum atomic E-state index is 12.3. The van der Waals surface area contributed by atoms with Crippen molar-refractivity contribution in [2.45, 2.75) is 6.92 Å². The number of amides is 2. The van der Waals surface area contributed by atoms with E-state index >= 15 is 0 Å². The van der Waals surface area contributed by atoms with Crippen LogP contribution in [0.5, 0.6) is 11.5 Å². The van der Waals surface area contributed by atoms with Gasteiger partial charge in [0.1, 0.15) is 11.5 Å². The highest BCUT2D eigenvalue weighted by Crippen LogP contribution is 2.29. The number of ether oxygens (including phenoxy) is 2. The van der Waals surface area contributed by atoms with Gasteiger partial charge in [-0.1, -0.05) is 30.3 Å². The molecular weight excluding hydrogens is 450 g/mol. The van der Waals surface area contributed by atoms with Crippen LogP contribution in [0.2, 0.25) is 0 Å². The van der Waals surface area contributed by atoms with Crippen molar-refractivity contribution >= 4 is 46.2 Å². The van der Waals surface area contributed by atoms with Gasteiger partial charge in [-0.3, -0.25) is 9.59 Å². The molecule has 0 unspecified atom stereocenters. The average Bonchev–Trinajstić information content (AvgIpc) is 3.19. The van der Waals surface area contributed by atoms with Crippen LogP contribution in [0.1, 0.15) is 11.1 Å². The van der Waals surface area contributed by atoms with E-state index in [0.29, 0.717) is 15.8 Å². The van der Waals surface area contributed by atoms with Crippen LogP contribution in [0.25, 0.3) is 6.08 Å². The Kier molecular flexibility index (Phi) is 7.29. The second-order valence-electron chi connectivity index (χ2n) is 7.40. The van der Waals surface area contributed by atoms with Crippen LogP contribution < -0.4 is 20.1 Å². The summed E-state index contributed by atoms with van der Waals surface area (Å²) in [7, 11) is 1.60. The second-order valence-corrected chi connectivity index (χ2v) is 8.43. The van der Waals surface area contributed by atoms with Gasteiger partial charge in [0, 0.05) is 5.69 Å². The number of benzene rings is 3.